The zero-order chi connectivity index (χ0) is 22.5. The summed E-state index contributed by atoms with van der Waals surface area (Å²) >= 11 is 0. The van der Waals surface area contributed by atoms with Crippen LogP contribution in [0.5, 0.6) is 0 Å². The first-order valence-electron chi connectivity index (χ1n) is 9.68. The van der Waals surface area contributed by atoms with Gasteiger partial charge in [-0.2, -0.15) is 0 Å². The van der Waals surface area contributed by atoms with Crippen molar-refractivity contribution in [3.05, 3.63) is 60.2 Å². The van der Waals surface area contributed by atoms with Crippen LogP contribution in [0.15, 0.2) is 59.5 Å². The third kappa shape index (κ3) is 5.38. The van der Waals surface area contributed by atoms with Crippen molar-refractivity contribution >= 4 is 27.6 Å². The number of carbonyl (C=O) groups excluding carboxylic acids is 2. The second kappa shape index (κ2) is 9.75. The predicted molar refractivity (Wildman–Crippen MR) is 116 cm³/mol. The highest BCUT2D eigenvalue weighted by atomic mass is 32.2. The summed E-state index contributed by atoms with van der Waals surface area (Å²) in [5, 5.41) is 0. The highest BCUT2D eigenvalue weighted by molar-refractivity contribution is 7.92. The molecule has 0 radical (unpaired) electrons. The molecule has 1 amide bonds. The Balaban J connectivity index is 2.16. The average molecular weight is 433 g/mol. The highest BCUT2D eigenvalue weighted by Crippen LogP contribution is 2.22. The molecule has 8 heteroatoms. The Morgan fingerprint density at radius 3 is 2.10 bits per heavy atom. The fourth-order valence-corrected chi connectivity index (χ4v) is 4.42. The van der Waals surface area contributed by atoms with Gasteiger partial charge in [0.2, 0.25) is 0 Å². The highest BCUT2D eigenvalue weighted by Gasteiger charge is 2.24. The number of anilines is 1. The number of hydrogen-bond acceptors (Lipinski definition) is 5. The van der Waals surface area contributed by atoms with E-state index in [4.69, 9.17) is 4.74 Å². The number of nitrogens with zero attached hydrogens (tertiary/aromatic N) is 2. The molecule has 2 aromatic carbocycles. The van der Waals surface area contributed by atoms with Crippen molar-refractivity contribution < 1.29 is 22.7 Å². The Morgan fingerprint density at radius 2 is 1.53 bits per heavy atom. The Kier molecular flexibility index (Phi) is 7.61. The van der Waals surface area contributed by atoms with Gasteiger partial charge in [0.05, 0.1) is 16.1 Å². The first-order chi connectivity index (χ1) is 14.1. The number of sulfonamides is 1. The molecule has 162 valence electrons. The molecular formula is C22H28N2O5S. The molecule has 0 fully saturated rings. The van der Waals surface area contributed by atoms with E-state index in [1.54, 1.807) is 35.2 Å². The number of hydrogen-bond donors (Lipinski definition) is 0. The van der Waals surface area contributed by atoms with Crippen LogP contribution in [0.1, 0.15) is 38.1 Å². The Hall–Kier alpha value is -2.87. The van der Waals surface area contributed by atoms with Crippen LogP contribution in [0.2, 0.25) is 0 Å². The lowest BCUT2D eigenvalue weighted by atomic mass is 10.2. The number of esters is 1. The molecule has 0 heterocycles. The van der Waals surface area contributed by atoms with E-state index in [0.29, 0.717) is 5.69 Å². The molecule has 0 bridgehead atoms. The molecule has 0 aliphatic carbocycles. The van der Waals surface area contributed by atoms with Crippen molar-refractivity contribution in [2.24, 2.45) is 0 Å². The summed E-state index contributed by atoms with van der Waals surface area (Å²) in [4.78, 5) is 26.4. The van der Waals surface area contributed by atoms with Crippen molar-refractivity contribution in [3.63, 3.8) is 0 Å². The van der Waals surface area contributed by atoms with Gasteiger partial charge in [-0.1, -0.05) is 24.3 Å². The Labute approximate surface area is 178 Å². The molecule has 0 aliphatic heterocycles. The quantitative estimate of drug-likeness (QED) is 0.598. The lowest BCUT2D eigenvalue weighted by Crippen LogP contribution is -2.44. The van der Waals surface area contributed by atoms with Crippen molar-refractivity contribution in [1.82, 2.24) is 4.90 Å². The van der Waals surface area contributed by atoms with Gasteiger partial charge in [0.1, 0.15) is 0 Å². The summed E-state index contributed by atoms with van der Waals surface area (Å²) in [5.74, 6) is -1.06. The number of rotatable bonds is 8. The van der Waals surface area contributed by atoms with E-state index in [2.05, 4.69) is 0 Å². The molecule has 0 spiro atoms. The fourth-order valence-electron chi connectivity index (χ4n) is 3.18. The lowest BCUT2D eigenvalue weighted by Gasteiger charge is -2.30. The van der Waals surface area contributed by atoms with Crippen LogP contribution in [0, 0.1) is 0 Å². The minimum Gasteiger partial charge on any atom is -0.452 e. The van der Waals surface area contributed by atoms with Crippen LogP contribution in [-0.4, -0.2) is 50.9 Å². The van der Waals surface area contributed by atoms with Crippen molar-refractivity contribution in [2.75, 3.05) is 18.0 Å². The summed E-state index contributed by atoms with van der Waals surface area (Å²) in [5.41, 5.74) is 0.560. The van der Waals surface area contributed by atoms with Crippen molar-refractivity contribution in [3.8, 4) is 0 Å². The molecule has 0 aliphatic rings. The lowest BCUT2D eigenvalue weighted by molar-refractivity contribution is -0.138. The average Bonchev–Trinajstić information content (AvgIpc) is 2.71. The van der Waals surface area contributed by atoms with E-state index < -0.39 is 22.6 Å². The van der Waals surface area contributed by atoms with Gasteiger partial charge in [-0.05, 0) is 58.0 Å². The molecule has 0 aromatic heterocycles. The maximum absolute atomic E-state index is 12.9. The molecule has 30 heavy (non-hydrogen) atoms. The van der Waals surface area contributed by atoms with E-state index in [-0.39, 0.29) is 28.4 Å². The standard InChI is InChI=1S/C22H28N2O5S/c1-16(2)24(17(3)4)21(25)15-29-22(26)18-10-9-13-20(14-18)30(27,28)23(5)19-11-7-6-8-12-19/h6-14,16-17H,15H2,1-5H3. The van der Waals surface area contributed by atoms with E-state index in [1.165, 1.54) is 31.3 Å². The predicted octanol–water partition coefficient (Wildman–Crippen LogP) is 3.31. The normalized spacial score (nSPS) is 11.4. The summed E-state index contributed by atoms with van der Waals surface area (Å²) < 4.78 is 32.1. The van der Waals surface area contributed by atoms with Crippen molar-refractivity contribution in [1.29, 1.82) is 0 Å². The van der Waals surface area contributed by atoms with Crippen LogP contribution in [0.25, 0.3) is 0 Å². The van der Waals surface area contributed by atoms with Gasteiger partial charge in [0.15, 0.2) is 6.61 Å². The van der Waals surface area contributed by atoms with E-state index in [9.17, 15) is 18.0 Å². The smallest absolute Gasteiger partial charge is 0.338 e. The summed E-state index contributed by atoms with van der Waals surface area (Å²) in [7, 11) is -2.42. The second-order valence-corrected chi connectivity index (χ2v) is 9.37. The second-order valence-electron chi connectivity index (χ2n) is 7.40. The Bertz CT molecular complexity index is 980. The number of benzene rings is 2. The molecular weight excluding hydrogens is 404 g/mol. The zero-order valence-electron chi connectivity index (χ0n) is 17.9. The van der Waals surface area contributed by atoms with Gasteiger partial charge in [-0.25, -0.2) is 13.2 Å². The summed E-state index contributed by atoms with van der Waals surface area (Å²) in [6.45, 7) is 7.14. The van der Waals surface area contributed by atoms with Gasteiger partial charge < -0.3 is 9.64 Å². The van der Waals surface area contributed by atoms with Crippen LogP contribution < -0.4 is 4.31 Å². The summed E-state index contributed by atoms with van der Waals surface area (Å²) in [6, 6.07) is 14.2. The van der Waals surface area contributed by atoms with Crippen LogP contribution in [0.4, 0.5) is 5.69 Å². The molecule has 0 saturated carbocycles. The van der Waals surface area contributed by atoms with E-state index >= 15 is 0 Å². The number of amides is 1. The van der Waals surface area contributed by atoms with Gasteiger partial charge in [0, 0.05) is 19.1 Å². The van der Waals surface area contributed by atoms with Gasteiger partial charge in [-0.3, -0.25) is 9.10 Å². The largest absolute Gasteiger partial charge is 0.452 e. The first-order valence-corrected chi connectivity index (χ1v) is 11.1. The van der Waals surface area contributed by atoms with Gasteiger partial charge in [-0.15, -0.1) is 0 Å². The van der Waals surface area contributed by atoms with Crippen molar-refractivity contribution in [2.45, 2.75) is 44.7 Å². The van der Waals surface area contributed by atoms with Crippen LogP contribution in [0.3, 0.4) is 0 Å². The third-order valence-corrected chi connectivity index (χ3v) is 6.36. The topological polar surface area (TPSA) is 84.0 Å². The number of para-hydroxylation sites is 1. The molecule has 7 nitrogen and oxygen atoms in total. The third-order valence-electron chi connectivity index (χ3n) is 4.58. The van der Waals surface area contributed by atoms with Gasteiger partial charge >= 0.3 is 5.97 Å². The molecule has 0 unspecified atom stereocenters. The van der Waals surface area contributed by atoms with E-state index in [0.717, 1.165) is 4.31 Å². The Morgan fingerprint density at radius 1 is 0.933 bits per heavy atom. The monoisotopic (exact) mass is 432 g/mol. The minimum absolute atomic E-state index is 0.0294. The SMILES string of the molecule is CC(C)N(C(=O)COC(=O)c1cccc(S(=O)(=O)N(C)c2ccccc2)c1)C(C)C. The maximum atomic E-state index is 12.9. The van der Waals surface area contributed by atoms with Gasteiger partial charge in [0.25, 0.3) is 15.9 Å². The molecule has 0 saturated heterocycles. The molecule has 0 atom stereocenters. The van der Waals surface area contributed by atoms with Crippen LogP contribution >= 0.6 is 0 Å². The number of ether oxygens (including phenoxy) is 1. The van der Waals surface area contributed by atoms with Crippen LogP contribution in [-0.2, 0) is 19.6 Å². The summed E-state index contributed by atoms with van der Waals surface area (Å²) in [6.07, 6.45) is 0. The molecule has 0 N–H and O–H groups in total. The zero-order valence-corrected chi connectivity index (χ0v) is 18.7. The van der Waals surface area contributed by atoms with E-state index in [1.807, 2.05) is 27.7 Å². The fraction of sp³-hybridized carbons (Fsp3) is 0.364. The minimum atomic E-state index is -3.86. The first kappa shape index (κ1) is 23.4. The molecule has 2 rings (SSSR count). The number of carbonyl (C=O) groups is 2. The molecule has 2 aromatic rings. The maximum Gasteiger partial charge on any atom is 0.338 e.